The molecule has 3 aromatic rings. The molecule has 0 bridgehead atoms. The molecule has 0 amide bonds. The SMILES string of the molecule is C=CC(=O)OCCCCCCOc1ccc(-c2ccc(-c3ccc(OCCCCCCOC(=O)C=C)cc3)c(Cl)c2)cc1. The van der Waals surface area contributed by atoms with Gasteiger partial charge >= 0.3 is 11.9 Å². The van der Waals surface area contributed by atoms with Crippen LogP contribution < -0.4 is 9.47 Å². The smallest absolute Gasteiger partial charge is 0.330 e. The van der Waals surface area contributed by atoms with Crippen molar-refractivity contribution < 1.29 is 28.5 Å². The van der Waals surface area contributed by atoms with E-state index in [4.69, 9.17) is 30.5 Å². The Bertz CT molecular complexity index is 1300. The van der Waals surface area contributed by atoms with Crippen LogP contribution in [-0.4, -0.2) is 38.4 Å². The minimum absolute atomic E-state index is 0.371. The summed E-state index contributed by atoms with van der Waals surface area (Å²) in [5, 5.41) is 0.685. The summed E-state index contributed by atoms with van der Waals surface area (Å²) in [6, 6.07) is 22.1. The Morgan fingerprint density at radius 3 is 1.42 bits per heavy atom. The maximum absolute atomic E-state index is 11.0. The third-order valence-electron chi connectivity index (χ3n) is 6.76. The average molecular weight is 605 g/mol. The quantitative estimate of drug-likeness (QED) is 0.0728. The topological polar surface area (TPSA) is 71.1 Å². The first-order chi connectivity index (χ1) is 21.0. The molecule has 0 saturated carbocycles. The number of esters is 2. The number of ether oxygens (including phenoxy) is 4. The van der Waals surface area contributed by atoms with Gasteiger partial charge in [-0.1, -0.05) is 61.2 Å². The van der Waals surface area contributed by atoms with E-state index in [0.717, 1.165) is 85.1 Å². The molecule has 0 spiro atoms. The van der Waals surface area contributed by atoms with Crippen LogP contribution in [0.4, 0.5) is 0 Å². The number of hydrogen-bond donors (Lipinski definition) is 0. The van der Waals surface area contributed by atoms with Crippen LogP contribution in [0.2, 0.25) is 5.02 Å². The van der Waals surface area contributed by atoms with Crippen molar-refractivity contribution in [2.45, 2.75) is 51.4 Å². The van der Waals surface area contributed by atoms with Gasteiger partial charge in [0.25, 0.3) is 0 Å². The van der Waals surface area contributed by atoms with Gasteiger partial charge in [0.2, 0.25) is 0 Å². The predicted molar refractivity (Wildman–Crippen MR) is 173 cm³/mol. The van der Waals surface area contributed by atoms with Gasteiger partial charge in [0, 0.05) is 22.7 Å². The summed E-state index contributed by atoms with van der Waals surface area (Å²) in [6.45, 7) is 8.91. The minimum Gasteiger partial charge on any atom is -0.494 e. The highest BCUT2D eigenvalue weighted by Crippen LogP contribution is 2.33. The van der Waals surface area contributed by atoms with Gasteiger partial charge in [0.1, 0.15) is 11.5 Å². The highest BCUT2D eigenvalue weighted by molar-refractivity contribution is 6.33. The molecule has 3 rings (SSSR count). The van der Waals surface area contributed by atoms with Crippen LogP contribution in [0.15, 0.2) is 92.0 Å². The van der Waals surface area contributed by atoms with Gasteiger partial charge in [-0.25, -0.2) is 9.59 Å². The minimum atomic E-state index is -0.372. The van der Waals surface area contributed by atoms with Crippen LogP contribution in [0.25, 0.3) is 22.3 Å². The Morgan fingerprint density at radius 1 is 0.558 bits per heavy atom. The van der Waals surface area contributed by atoms with E-state index in [0.29, 0.717) is 31.5 Å². The van der Waals surface area contributed by atoms with Crippen molar-refractivity contribution in [3.05, 3.63) is 97.1 Å². The maximum atomic E-state index is 11.0. The van der Waals surface area contributed by atoms with Crippen molar-refractivity contribution in [1.29, 1.82) is 0 Å². The largest absolute Gasteiger partial charge is 0.494 e. The molecule has 6 nitrogen and oxygen atoms in total. The van der Waals surface area contributed by atoms with Gasteiger partial charge in [-0.2, -0.15) is 0 Å². The molecule has 3 aromatic carbocycles. The molecule has 228 valence electrons. The second-order valence-corrected chi connectivity index (χ2v) is 10.4. The number of halogens is 1. The van der Waals surface area contributed by atoms with E-state index in [9.17, 15) is 9.59 Å². The molecule has 0 atom stereocenters. The van der Waals surface area contributed by atoms with E-state index in [1.807, 2.05) is 60.7 Å². The van der Waals surface area contributed by atoms with E-state index in [-0.39, 0.29) is 11.9 Å². The Labute approximate surface area is 260 Å². The molecular formula is C36H41ClO6. The molecule has 0 radical (unpaired) electrons. The Kier molecular flexibility index (Phi) is 15.0. The van der Waals surface area contributed by atoms with Crippen molar-refractivity contribution in [3.8, 4) is 33.8 Å². The Hall–Kier alpha value is -4.03. The second kappa shape index (κ2) is 19.2. The summed E-state index contributed by atoms with van der Waals surface area (Å²) in [5.74, 6) is 0.915. The summed E-state index contributed by atoms with van der Waals surface area (Å²) in [4.78, 5) is 22.0. The number of unbranched alkanes of at least 4 members (excludes halogenated alkanes) is 6. The van der Waals surface area contributed by atoms with Crippen molar-refractivity contribution in [1.82, 2.24) is 0 Å². The van der Waals surface area contributed by atoms with Crippen LogP contribution in [-0.2, 0) is 19.1 Å². The molecule has 43 heavy (non-hydrogen) atoms. The Morgan fingerprint density at radius 2 is 0.977 bits per heavy atom. The molecule has 0 aliphatic carbocycles. The highest BCUT2D eigenvalue weighted by Gasteiger charge is 2.08. The van der Waals surface area contributed by atoms with Gasteiger partial charge in [-0.3, -0.25) is 0 Å². The van der Waals surface area contributed by atoms with Crippen molar-refractivity contribution >= 4 is 23.5 Å². The lowest BCUT2D eigenvalue weighted by Gasteiger charge is -2.11. The van der Waals surface area contributed by atoms with Crippen LogP contribution in [0.3, 0.4) is 0 Å². The molecule has 0 unspecified atom stereocenters. The van der Waals surface area contributed by atoms with E-state index in [2.05, 4.69) is 19.2 Å². The van der Waals surface area contributed by atoms with E-state index in [1.165, 1.54) is 12.2 Å². The summed E-state index contributed by atoms with van der Waals surface area (Å²) >= 11 is 6.70. The van der Waals surface area contributed by atoms with Crippen LogP contribution in [0.1, 0.15) is 51.4 Å². The zero-order chi connectivity index (χ0) is 30.7. The molecule has 0 heterocycles. The molecular weight excluding hydrogens is 564 g/mol. The lowest BCUT2D eigenvalue weighted by atomic mass is 10.00. The monoisotopic (exact) mass is 604 g/mol. The lowest BCUT2D eigenvalue weighted by Crippen LogP contribution is -2.02. The molecule has 7 heteroatoms. The van der Waals surface area contributed by atoms with Gasteiger partial charge in [-0.05, 0) is 98.4 Å². The highest BCUT2D eigenvalue weighted by atomic mass is 35.5. The Balaban J connectivity index is 1.38. The van der Waals surface area contributed by atoms with Crippen molar-refractivity contribution in [2.75, 3.05) is 26.4 Å². The molecule has 0 aromatic heterocycles. The number of hydrogen-bond acceptors (Lipinski definition) is 6. The van der Waals surface area contributed by atoms with E-state index < -0.39 is 0 Å². The van der Waals surface area contributed by atoms with Crippen molar-refractivity contribution in [3.63, 3.8) is 0 Å². The fraction of sp³-hybridized carbons (Fsp3) is 0.333. The summed E-state index contributed by atoms with van der Waals surface area (Å²) in [5.41, 5.74) is 4.10. The normalized spacial score (nSPS) is 10.5. The first-order valence-corrected chi connectivity index (χ1v) is 15.2. The van der Waals surface area contributed by atoms with Gasteiger partial charge in [0.05, 0.1) is 26.4 Å². The lowest BCUT2D eigenvalue weighted by molar-refractivity contribution is -0.138. The fourth-order valence-corrected chi connectivity index (χ4v) is 4.65. The molecule has 0 aliphatic heterocycles. The zero-order valence-corrected chi connectivity index (χ0v) is 25.5. The first-order valence-electron chi connectivity index (χ1n) is 14.8. The summed E-state index contributed by atoms with van der Waals surface area (Å²) in [6.07, 6.45) is 9.94. The standard InChI is InChI=1S/C36H41ClO6/c1-3-35(38)42-25-11-7-5-9-23-40-31-18-13-28(14-19-31)30-17-22-33(34(37)27-30)29-15-20-32(21-16-29)41-24-10-6-8-12-26-43-36(39)4-2/h3-4,13-22,27H,1-2,5-12,23-26H2. The van der Waals surface area contributed by atoms with Crippen LogP contribution in [0, 0.1) is 0 Å². The van der Waals surface area contributed by atoms with Gasteiger partial charge in [-0.15, -0.1) is 0 Å². The molecule has 0 N–H and O–H groups in total. The van der Waals surface area contributed by atoms with Gasteiger partial charge in [0.15, 0.2) is 0 Å². The number of rotatable bonds is 20. The third-order valence-corrected chi connectivity index (χ3v) is 7.07. The van der Waals surface area contributed by atoms with E-state index in [1.54, 1.807) is 0 Å². The predicted octanol–water partition coefficient (Wildman–Crippen LogP) is 9.01. The van der Waals surface area contributed by atoms with Crippen LogP contribution in [0.5, 0.6) is 11.5 Å². The third kappa shape index (κ3) is 12.4. The summed E-state index contributed by atoms with van der Waals surface area (Å²) < 4.78 is 21.7. The zero-order valence-electron chi connectivity index (χ0n) is 24.7. The van der Waals surface area contributed by atoms with Crippen LogP contribution >= 0.6 is 11.6 Å². The average Bonchev–Trinajstić information content (AvgIpc) is 3.03. The van der Waals surface area contributed by atoms with Crippen molar-refractivity contribution in [2.24, 2.45) is 0 Å². The second-order valence-electron chi connectivity index (χ2n) is 10.0. The first kappa shape index (κ1) is 33.5. The molecule has 0 aliphatic rings. The molecule has 0 fully saturated rings. The van der Waals surface area contributed by atoms with E-state index >= 15 is 0 Å². The maximum Gasteiger partial charge on any atom is 0.330 e. The number of carbonyl (C=O) groups is 2. The molecule has 0 saturated heterocycles. The number of carbonyl (C=O) groups excluding carboxylic acids is 2. The summed E-state index contributed by atoms with van der Waals surface area (Å²) in [7, 11) is 0. The number of benzene rings is 3. The fourth-order valence-electron chi connectivity index (χ4n) is 4.36. The van der Waals surface area contributed by atoms with Gasteiger partial charge < -0.3 is 18.9 Å².